The van der Waals surface area contributed by atoms with Crippen LogP contribution in [-0.2, 0) is 10.0 Å². The summed E-state index contributed by atoms with van der Waals surface area (Å²) in [7, 11) is -3.38. The number of nitrogens with one attached hydrogen (secondary N) is 1. The molecule has 0 aliphatic heterocycles. The fourth-order valence-electron chi connectivity index (χ4n) is 2.90. The molecular weight excluding hydrogens is 286 g/mol. The van der Waals surface area contributed by atoms with Crippen LogP contribution in [0.15, 0.2) is 30.3 Å². The van der Waals surface area contributed by atoms with Crippen LogP contribution in [0.3, 0.4) is 0 Å². The van der Waals surface area contributed by atoms with Gasteiger partial charge in [0.05, 0.1) is 11.4 Å². The van der Waals surface area contributed by atoms with Crippen LogP contribution in [0.1, 0.15) is 50.5 Å². The minimum absolute atomic E-state index is 0.0487. The van der Waals surface area contributed by atoms with Gasteiger partial charge in [0, 0.05) is 6.54 Å². The van der Waals surface area contributed by atoms with Gasteiger partial charge in [0.1, 0.15) is 0 Å². The largest absolute Gasteiger partial charge is 0.389 e. The summed E-state index contributed by atoms with van der Waals surface area (Å²) in [5.41, 5.74) is 0.153. The van der Waals surface area contributed by atoms with Crippen molar-refractivity contribution in [2.75, 3.05) is 12.3 Å². The van der Waals surface area contributed by atoms with E-state index in [0.29, 0.717) is 12.8 Å². The predicted octanol–water partition coefficient (Wildman–Crippen LogP) is 2.40. The first-order valence-corrected chi connectivity index (χ1v) is 9.30. The van der Waals surface area contributed by atoms with E-state index < -0.39 is 15.6 Å². The van der Waals surface area contributed by atoms with Crippen LogP contribution in [0.5, 0.6) is 0 Å². The first kappa shape index (κ1) is 16.5. The van der Waals surface area contributed by atoms with Gasteiger partial charge in [0.25, 0.3) is 0 Å². The third kappa shape index (κ3) is 5.09. The normalized spacial score (nSPS) is 20.1. The van der Waals surface area contributed by atoms with Crippen LogP contribution < -0.4 is 4.72 Å². The smallest absolute Gasteiger partial charge is 0.212 e. The van der Waals surface area contributed by atoms with E-state index in [9.17, 15) is 13.5 Å². The molecule has 118 valence electrons. The van der Waals surface area contributed by atoms with Crippen LogP contribution in [0, 0.1) is 0 Å². The van der Waals surface area contributed by atoms with Crippen LogP contribution in [-0.4, -0.2) is 31.4 Å². The summed E-state index contributed by atoms with van der Waals surface area (Å²) in [6, 6.07) is 9.62. The average Bonchev–Trinajstić information content (AvgIpc) is 2.47. The Morgan fingerprint density at radius 1 is 1.19 bits per heavy atom. The first-order chi connectivity index (χ1) is 9.90. The molecule has 0 bridgehead atoms. The van der Waals surface area contributed by atoms with Crippen LogP contribution in [0.25, 0.3) is 0 Å². The summed E-state index contributed by atoms with van der Waals surface area (Å²) in [5.74, 6) is -0.0164. The molecule has 1 saturated carbocycles. The van der Waals surface area contributed by atoms with Gasteiger partial charge < -0.3 is 5.11 Å². The highest BCUT2D eigenvalue weighted by Gasteiger charge is 2.30. The lowest BCUT2D eigenvalue weighted by atomic mass is 9.85. The molecule has 0 spiro atoms. The molecule has 1 atom stereocenters. The third-order valence-corrected chi connectivity index (χ3v) is 5.77. The number of rotatable bonds is 6. The Morgan fingerprint density at radius 2 is 1.81 bits per heavy atom. The van der Waals surface area contributed by atoms with E-state index in [4.69, 9.17) is 0 Å². The standard InChI is InChI=1S/C16H25NO3S/c1-14(15-8-4-2-5-9-15)12-21(19,20)17-13-16(18)10-6-3-7-11-16/h2,4-5,8-9,14,17-18H,3,6-7,10-13H2,1H3. The second kappa shape index (κ2) is 6.90. The lowest BCUT2D eigenvalue weighted by Gasteiger charge is -2.32. The van der Waals surface area contributed by atoms with Gasteiger partial charge in [-0.2, -0.15) is 0 Å². The van der Waals surface area contributed by atoms with E-state index in [0.717, 1.165) is 24.8 Å². The maximum absolute atomic E-state index is 12.2. The number of aliphatic hydroxyl groups is 1. The summed E-state index contributed by atoms with van der Waals surface area (Å²) in [6.45, 7) is 2.04. The van der Waals surface area contributed by atoms with Crippen molar-refractivity contribution < 1.29 is 13.5 Å². The summed E-state index contributed by atoms with van der Waals surface area (Å²) in [5, 5.41) is 10.4. The molecule has 1 fully saturated rings. The van der Waals surface area contributed by atoms with E-state index in [1.54, 1.807) is 0 Å². The highest BCUT2D eigenvalue weighted by atomic mass is 32.2. The van der Waals surface area contributed by atoms with Gasteiger partial charge in [-0.25, -0.2) is 13.1 Å². The Balaban J connectivity index is 1.90. The van der Waals surface area contributed by atoms with Gasteiger partial charge in [-0.3, -0.25) is 0 Å². The van der Waals surface area contributed by atoms with E-state index in [2.05, 4.69) is 4.72 Å². The summed E-state index contributed by atoms with van der Waals surface area (Å²) in [4.78, 5) is 0. The van der Waals surface area contributed by atoms with E-state index in [1.165, 1.54) is 0 Å². The first-order valence-electron chi connectivity index (χ1n) is 7.65. The van der Waals surface area contributed by atoms with Crippen molar-refractivity contribution in [3.63, 3.8) is 0 Å². The molecule has 2 N–H and O–H groups in total. The van der Waals surface area contributed by atoms with Gasteiger partial charge >= 0.3 is 0 Å². The molecule has 0 radical (unpaired) electrons. The third-order valence-electron chi connectivity index (χ3n) is 4.24. The van der Waals surface area contributed by atoms with Gasteiger partial charge in [0.15, 0.2) is 0 Å². The molecule has 21 heavy (non-hydrogen) atoms. The van der Waals surface area contributed by atoms with E-state index in [1.807, 2.05) is 37.3 Å². The molecule has 0 aromatic heterocycles. The maximum Gasteiger partial charge on any atom is 0.212 e. The molecule has 1 unspecified atom stereocenters. The fourth-order valence-corrected chi connectivity index (χ4v) is 4.35. The highest BCUT2D eigenvalue weighted by molar-refractivity contribution is 7.89. The van der Waals surface area contributed by atoms with Gasteiger partial charge in [-0.15, -0.1) is 0 Å². The summed E-state index contributed by atoms with van der Waals surface area (Å²) in [6.07, 6.45) is 4.44. The molecule has 0 heterocycles. The zero-order chi connectivity index (χ0) is 15.3. The second-order valence-corrected chi connectivity index (χ2v) is 8.05. The molecule has 4 nitrogen and oxygen atoms in total. The minimum Gasteiger partial charge on any atom is -0.389 e. The Bertz CT molecular complexity index is 536. The minimum atomic E-state index is -3.38. The Kier molecular flexibility index (Phi) is 5.41. The quantitative estimate of drug-likeness (QED) is 0.848. The van der Waals surface area contributed by atoms with Crippen LogP contribution in [0.4, 0.5) is 0 Å². The number of hydrogen-bond donors (Lipinski definition) is 2. The van der Waals surface area contributed by atoms with Crippen LogP contribution in [0.2, 0.25) is 0 Å². The van der Waals surface area contributed by atoms with E-state index in [-0.39, 0.29) is 18.2 Å². The number of hydrogen-bond acceptors (Lipinski definition) is 3. The summed E-state index contributed by atoms with van der Waals surface area (Å²) >= 11 is 0. The lowest BCUT2D eigenvalue weighted by Crippen LogP contribution is -2.45. The Morgan fingerprint density at radius 3 is 2.43 bits per heavy atom. The van der Waals surface area contributed by atoms with Crippen LogP contribution >= 0.6 is 0 Å². The molecule has 1 aromatic rings. The molecular formula is C16H25NO3S. The van der Waals surface area contributed by atoms with Crippen molar-refractivity contribution in [1.82, 2.24) is 4.72 Å². The summed E-state index contributed by atoms with van der Waals surface area (Å²) < 4.78 is 26.9. The zero-order valence-corrected chi connectivity index (χ0v) is 13.4. The highest BCUT2D eigenvalue weighted by Crippen LogP contribution is 2.27. The fraction of sp³-hybridized carbons (Fsp3) is 0.625. The van der Waals surface area contributed by atoms with E-state index >= 15 is 0 Å². The van der Waals surface area contributed by atoms with Gasteiger partial charge in [0.2, 0.25) is 10.0 Å². The molecule has 5 heteroatoms. The monoisotopic (exact) mass is 311 g/mol. The zero-order valence-electron chi connectivity index (χ0n) is 12.6. The second-order valence-electron chi connectivity index (χ2n) is 6.20. The van der Waals surface area contributed by atoms with Crippen molar-refractivity contribution in [3.05, 3.63) is 35.9 Å². The molecule has 1 aliphatic carbocycles. The molecule has 0 saturated heterocycles. The number of sulfonamides is 1. The van der Waals surface area contributed by atoms with Gasteiger partial charge in [-0.1, -0.05) is 56.5 Å². The van der Waals surface area contributed by atoms with Crippen molar-refractivity contribution in [2.45, 2.75) is 50.5 Å². The predicted molar refractivity (Wildman–Crippen MR) is 84.7 cm³/mol. The van der Waals surface area contributed by atoms with Crippen molar-refractivity contribution in [3.8, 4) is 0 Å². The van der Waals surface area contributed by atoms with Gasteiger partial charge in [-0.05, 0) is 24.3 Å². The van der Waals surface area contributed by atoms with Crippen molar-refractivity contribution >= 4 is 10.0 Å². The molecule has 2 rings (SSSR count). The maximum atomic E-state index is 12.2. The Hall–Kier alpha value is -0.910. The van der Waals surface area contributed by atoms with Crippen molar-refractivity contribution in [2.24, 2.45) is 0 Å². The average molecular weight is 311 g/mol. The SMILES string of the molecule is CC(CS(=O)(=O)NCC1(O)CCCCC1)c1ccccc1. The number of benzene rings is 1. The Labute approximate surface area is 127 Å². The topological polar surface area (TPSA) is 66.4 Å². The van der Waals surface area contributed by atoms with Crippen molar-refractivity contribution in [1.29, 1.82) is 0 Å². The molecule has 1 aromatic carbocycles. The molecule has 1 aliphatic rings. The molecule has 0 amide bonds. The lowest BCUT2D eigenvalue weighted by molar-refractivity contribution is 0.00945.